The molecule has 15 heavy (non-hydrogen) atoms. The van der Waals surface area contributed by atoms with Crippen LogP contribution in [0, 0.1) is 0 Å². The Morgan fingerprint density at radius 2 is 1.73 bits per heavy atom. The van der Waals surface area contributed by atoms with Gasteiger partial charge in [-0.05, 0) is 31.0 Å². The minimum absolute atomic E-state index is 0.0250. The maximum absolute atomic E-state index is 10.0. The number of rotatable bonds is 7. The van der Waals surface area contributed by atoms with Gasteiger partial charge in [0.15, 0.2) is 8.32 Å². The highest BCUT2D eigenvalue weighted by Gasteiger charge is 2.37. The molecule has 1 atom stereocenters. The normalized spacial score (nSPS) is 15.4. The Morgan fingerprint density at radius 1 is 1.20 bits per heavy atom. The summed E-state index contributed by atoms with van der Waals surface area (Å²) in [5, 5.41) is 17.8. The monoisotopic (exact) mass is 234 g/mol. The Hall–Kier alpha value is 0.0969. The highest BCUT2D eigenvalue weighted by atomic mass is 28.4. The maximum Gasteiger partial charge on any atom is 0.188 e. The van der Waals surface area contributed by atoms with Crippen LogP contribution in [-0.2, 0) is 0 Å². The summed E-state index contributed by atoms with van der Waals surface area (Å²) in [5.41, 5.74) is 0. The van der Waals surface area contributed by atoms with E-state index < -0.39 is 14.4 Å². The summed E-state index contributed by atoms with van der Waals surface area (Å²) in [6, 6.07) is 0. The van der Waals surface area contributed by atoms with Crippen LogP contribution in [0.1, 0.15) is 39.5 Å². The van der Waals surface area contributed by atoms with Crippen molar-refractivity contribution >= 4 is 8.32 Å². The third kappa shape index (κ3) is 5.66. The van der Waals surface area contributed by atoms with Gasteiger partial charge >= 0.3 is 0 Å². The molecule has 0 aromatic carbocycles. The lowest BCUT2D eigenvalue weighted by molar-refractivity contribution is 0.0858. The zero-order valence-electron chi connectivity index (χ0n) is 10.5. The van der Waals surface area contributed by atoms with Crippen LogP contribution in [0.5, 0.6) is 0 Å². The molecule has 3 N–H and O–H groups in total. The molecule has 0 aliphatic rings. The van der Waals surface area contributed by atoms with Crippen molar-refractivity contribution in [3.63, 3.8) is 0 Å². The van der Waals surface area contributed by atoms with Gasteiger partial charge in [0.25, 0.3) is 0 Å². The predicted molar refractivity (Wildman–Crippen MR) is 65.3 cm³/mol. The molecule has 0 fully saturated rings. The molecular formula is C11H26O3Si. The average Bonchev–Trinajstić information content (AvgIpc) is 2.10. The predicted octanol–water partition coefficient (Wildman–Crippen LogP) is 1.88. The molecule has 0 amide bonds. The molecule has 0 spiro atoms. The third-order valence-corrected chi connectivity index (χ3v) is 7.02. The Bertz CT molecular complexity index is 175. The minimum Gasteiger partial charge on any atom is -0.432 e. The van der Waals surface area contributed by atoms with Crippen molar-refractivity contribution in [1.29, 1.82) is 0 Å². The van der Waals surface area contributed by atoms with Crippen LogP contribution in [0.3, 0.4) is 0 Å². The molecule has 0 saturated carbocycles. The number of hydrogen-bond acceptors (Lipinski definition) is 3. The lowest BCUT2D eigenvalue weighted by atomic mass is 10.0. The maximum atomic E-state index is 10.0. The van der Waals surface area contributed by atoms with Crippen molar-refractivity contribution in [3.8, 4) is 0 Å². The summed E-state index contributed by atoms with van der Waals surface area (Å²) in [6.07, 6.45) is 2.98. The second kappa shape index (κ2) is 5.99. The summed E-state index contributed by atoms with van der Waals surface area (Å²) in [4.78, 5) is 10.0. The first-order chi connectivity index (χ1) is 6.70. The Kier molecular flexibility index (Phi) is 6.03. The van der Waals surface area contributed by atoms with Crippen LogP contribution in [0.25, 0.3) is 0 Å². The summed E-state index contributed by atoms with van der Waals surface area (Å²) >= 11 is 0. The molecule has 92 valence electrons. The van der Waals surface area contributed by atoms with Gasteiger partial charge in [0.2, 0.25) is 0 Å². The van der Waals surface area contributed by atoms with Crippen molar-refractivity contribution in [3.05, 3.63) is 0 Å². The first-order valence-corrected chi connectivity index (χ1v) is 8.67. The van der Waals surface area contributed by atoms with Gasteiger partial charge in [-0.3, -0.25) is 0 Å². The smallest absolute Gasteiger partial charge is 0.188 e. The molecule has 0 aliphatic carbocycles. The standard InChI is InChI=1S/C11H26O3Si/c1-11(2,15(3,4)14)8-6-5-7-10(13)9-12/h10,12-14H,5-9H2,1-4H3/t10-/m1/s1. The number of aliphatic hydroxyl groups is 2. The van der Waals surface area contributed by atoms with Crippen LogP contribution < -0.4 is 0 Å². The molecule has 0 saturated heterocycles. The molecule has 0 aromatic heterocycles. The van der Waals surface area contributed by atoms with E-state index in [1.54, 1.807) is 0 Å². The van der Waals surface area contributed by atoms with E-state index in [2.05, 4.69) is 13.8 Å². The lowest BCUT2D eigenvalue weighted by Crippen LogP contribution is -2.38. The Labute approximate surface area is 94.3 Å². The lowest BCUT2D eigenvalue weighted by Gasteiger charge is -2.35. The summed E-state index contributed by atoms with van der Waals surface area (Å²) in [5.74, 6) is 0. The van der Waals surface area contributed by atoms with Crippen molar-refractivity contribution in [2.24, 2.45) is 0 Å². The first-order valence-electron chi connectivity index (χ1n) is 5.72. The fourth-order valence-corrected chi connectivity index (χ4v) is 2.13. The molecular weight excluding hydrogens is 208 g/mol. The summed E-state index contributed by atoms with van der Waals surface area (Å²) in [6.45, 7) is 8.01. The SMILES string of the molecule is CC(C)(CCCC[C@@H](O)CO)[Si](C)(C)O. The number of hydrogen-bond donors (Lipinski definition) is 3. The van der Waals surface area contributed by atoms with Crippen molar-refractivity contribution in [1.82, 2.24) is 0 Å². The number of unbranched alkanes of at least 4 members (excludes halogenated alkanes) is 1. The van der Waals surface area contributed by atoms with Gasteiger partial charge in [-0.2, -0.15) is 0 Å². The van der Waals surface area contributed by atoms with Gasteiger partial charge in [-0.15, -0.1) is 0 Å². The highest BCUT2D eigenvalue weighted by Crippen LogP contribution is 2.40. The second-order valence-electron chi connectivity index (χ2n) is 5.53. The van der Waals surface area contributed by atoms with Crippen LogP contribution in [0.4, 0.5) is 0 Å². The molecule has 0 aliphatic heterocycles. The van der Waals surface area contributed by atoms with E-state index >= 15 is 0 Å². The highest BCUT2D eigenvalue weighted by molar-refractivity contribution is 6.72. The first kappa shape index (κ1) is 15.1. The molecule has 0 rings (SSSR count). The molecule has 3 nitrogen and oxygen atoms in total. The van der Waals surface area contributed by atoms with Gasteiger partial charge in [0, 0.05) is 0 Å². The van der Waals surface area contributed by atoms with E-state index in [0.717, 1.165) is 19.3 Å². The Morgan fingerprint density at radius 3 is 2.13 bits per heavy atom. The average molecular weight is 234 g/mol. The topological polar surface area (TPSA) is 60.7 Å². The summed E-state index contributed by atoms with van der Waals surface area (Å²) in [7, 11) is -2.08. The molecule has 0 heterocycles. The van der Waals surface area contributed by atoms with Crippen LogP contribution in [0.15, 0.2) is 0 Å². The molecule has 0 radical (unpaired) electrons. The van der Waals surface area contributed by atoms with E-state index in [0.29, 0.717) is 6.42 Å². The van der Waals surface area contributed by atoms with Crippen LogP contribution in [0.2, 0.25) is 18.1 Å². The van der Waals surface area contributed by atoms with Crippen molar-refractivity contribution in [2.75, 3.05) is 6.61 Å². The molecule has 0 unspecified atom stereocenters. The molecule has 0 aromatic rings. The quantitative estimate of drug-likeness (QED) is 0.465. The van der Waals surface area contributed by atoms with Crippen molar-refractivity contribution < 1.29 is 15.0 Å². The van der Waals surface area contributed by atoms with Crippen LogP contribution >= 0.6 is 0 Å². The number of aliphatic hydroxyl groups excluding tert-OH is 2. The largest absolute Gasteiger partial charge is 0.432 e. The minimum atomic E-state index is -2.08. The van der Waals surface area contributed by atoms with E-state index in [1.807, 2.05) is 13.1 Å². The van der Waals surface area contributed by atoms with Crippen molar-refractivity contribution in [2.45, 2.75) is 63.8 Å². The fourth-order valence-electron chi connectivity index (χ4n) is 1.34. The summed E-state index contributed by atoms with van der Waals surface area (Å²) < 4.78 is 0. The van der Waals surface area contributed by atoms with Gasteiger partial charge in [-0.25, -0.2) is 0 Å². The van der Waals surface area contributed by atoms with Gasteiger partial charge in [-0.1, -0.05) is 26.7 Å². The fraction of sp³-hybridized carbons (Fsp3) is 1.00. The van der Waals surface area contributed by atoms with Gasteiger partial charge in [0.05, 0.1) is 12.7 Å². The van der Waals surface area contributed by atoms with E-state index in [-0.39, 0.29) is 11.6 Å². The molecule has 0 bridgehead atoms. The van der Waals surface area contributed by atoms with Gasteiger partial charge in [0.1, 0.15) is 0 Å². The zero-order valence-corrected chi connectivity index (χ0v) is 11.5. The van der Waals surface area contributed by atoms with Gasteiger partial charge < -0.3 is 15.0 Å². The van der Waals surface area contributed by atoms with E-state index in [9.17, 15) is 4.80 Å². The Balaban J connectivity index is 3.77. The zero-order chi connectivity index (χ0) is 12.1. The van der Waals surface area contributed by atoms with Crippen LogP contribution in [-0.4, -0.2) is 36.0 Å². The van der Waals surface area contributed by atoms with E-state index in [4.69, 9.17) is 10.2 Å². The third-order valence-electron chi connectivity index (χ3n) is 3.46. The molecule has 4 heteroatoms. The second-order valence-corrected chi connectivity index (χ2v) is 10.00. The van der Waals surface area contributed by atoms with E-state index in [1.165, 1.54) is 0 Å².